The van der Waals surface area contributed by atoms with E-state index in [4.69, 9.17) is 9.84 Å². The normalized spacial score (nSPS) is 15.1. The third-order valence-corrected chi connectivity index (χ3v) is 2.58. The summed E-state index contributed by atoms with van der Waals surface area (Å²) in [5.74, 6) is 0.691. The van der Waals surface area contributed by atoms with E-state index in [0.29, 0.717) is 0 Å². The van der Waals surface area contributed by atoms with Crippen molar-refractivity contribution in [3.05, 3.63) is 29.8 Å². The van der Waals surface area contributed by atoms with Crippen molar-refractivity contribution >= 4 is 11.6 Å². The van der Waals surface area contributed by atoms with Crippen LogP contribution in [0, 0.1) is 0 Å². The van der Waals surface area contributed by atoms with Gasteiger partial charge in [0, 0.05) is 0 Å². The van der Waals surface area contributed by atoms with E-state index in [0.717, 1.165) is 17.0 Å². The molecule has 0 saturated heterocycles. The molecule has 1 heterocycles. The van der Waals surface area contributed by atoms with Gasteiger partial charge in [-0.25, -0.2) is 5.01 Å². The summed E-state index contributed by atoms with van der Waals surface area (Å²) in [6.07, 6.45) is 0.284. The average Bonchev–Trinajstić information content (AvgIpc) is 2.72. The Morgan fingerprint density at radius 3 is 2.71 bits per heavy atom. The van der Waals surface area contributed by atoms with E-state index in [-0.39, 0.29) is 25.5 Å². The predicted octanol–water partition coefficient (Wildman–Crippen LogP) is 0.624. The second kappa shape index (κ2) is 4.97. The Labute approximate surface area is 99.3 Å². The number of ether oxygens (including phenoxy) is 1. The van der Waals surface area contributed by atoms with E-state index in [1.165, 1.54) is 5.01 Å². The average molecular weight is 234 g/mol. The van der Waals surface area contributed by atoms with Gasteiger partial charge in [-0.15, -0.1) is 0 Å². The predicted molar refractivity (Wildman–Crippen MR) is 62.9 cm³/mol. The van der Waals surface area contributed by atoms with Crippen LogP contribution in [0.2, 0.25) is 0 Å². The lowest BCUT2D eigenvalue weighted by atomic mass is 10.1. The molecule has 0 bridgehead atoms. The fourth-order valence-corrected chi connectivity index (χ4v) is 1.68. The van der Waals surface area contributed by atoms with Gasteiger partial charge in [0.15, 0.2) is 0 Å². The Bertz CT molecular complexity index is 440. The van der Waals surface area contributed by atoms with Crippen molar-refractivity contribution in [2.24, 2.45) is 5.10 Å². The van der Waals surface area contributed by atoms with Crippen molar-refractivity contribution in [1.82, 2.24) is 5.01 Å². The summed E-state index contributed by atoms with van der Waals surface area (Å²) in [5, 5.41) is 14.3. The van der Waals surface area contributed by atoms with E-state index >= 15 is 0 Å². The van der Waals surface area contributed by atoms with Crippen LogP contribution in [-0.2, 0) is 4.79 Å². The van der Waals surface area contributed by atoms with Crippen LogP contribution in [0.4, 0.5) is 0 Å². The highest BCUT2D eigenvalue weighted by Gasteiger charge is 2.23. The molecule has 0 aromatic heterocycles. The molecule has 5 heteroatoms. The molecule has 0 atom stereocenters. The quantitative estimate of drug-likeness (QED) is 0.830. The molecule has 0 fully saturated rings. The van der Waals surface area contributed by atoms with Gasteiger partial charge in [-0.1, -0.05) is 0 Å². The first-order valence-electron chi connectivity index (χ1n) is 5.37. The third-order valence-electron chi connectivity index (χ3n) is 2.58. The lowest BCUT2D eigenvalue weighted by Gasteiger charge is -2.07. The van der Waals surface area contributed by atoms with E-state index in [1.807, 2.05) is 24.3 Å². The Hall–Kier alpha value is -1.88. The number of amides is 1. The fraction of sp³-hybridized carbons (Fsp3) is 0.333. The number of β-amino-alcohol motifs (C(OH)–C–C–N with tert-alkyl or cyclic N) is 1. The lowest BCUT2D eigenvalue weighted by molar-refractivity contribution is -0.129. The molecule has 17 heavy (non-hydrogen) atoms. The molecule has 0 radical (unpaired) electrons. The molecule has 0 spiro atoms. The number of aliphatic hydroxyl groups is 1. The van der Waals surface area contributed by atoms with E-state index in [9.17, 15) is 4.79 Å². The molecule has 1 aromatic carbocycles. The van der Waals surface area contributed by atoms with Gasteiger partial charge in [0.1, 0.15) is 5.75 Å². The van der Waals surface area contributed by atoms with Gasteiger partial charge in [0.25, 0.3) is 0 Å². The smallest absolute Gasteiger partial charge is 0.248 e. The van der Waals surface area contributed by atoms with Gasteiger partial charge >= 0.3 is 0 Å². The van der Waals surface area contributed by atoms with Gasteiger partial charge in [0.2, 0.25) is 5.91 Å². The highest BCUT2D eigenvalue weighted by atomic mass is 16.5. The number of hydrogen-bond donors (Lipinski definition) is 1. The molecule has 5 nitrogen and oxygen atoms in total. The molecule has 2 rings (SSSR count). The molecule has 0 unspecified atom stereocenters. The summed E-state index contributed by atoms with van der Waals surface area (Å²) in [4.78, 5) is 11.5. The molecular formula is C12H14N2O3. The van der Waals surface area contributed by atoms with Crippen LogP contribution in [0.3, 0.4) is 0 Å². The maximum Gasteiger partial charge on any atom is 0.248 e. The summed E-state index contributed by atoms with van der Waals surface area (Å²) in [6, 6.07) is 7.40. The maximum absolute atomic E-state index is 11.5. The Kier molecular flexibility index (Phi) is 3.39. The first-order valence-corrected chi connectivity index (χ1v) is 5.37. The minimum Gasteiger partial charge on any atom is -0.497 e. The molecule has 90 valence electrons. The number of methoxy groups -OCH3 is 1. The largest absolute Gasteiger partial charge is 0.497 e. The summed E-state index contributed by atoms with van der Waals surface area (Å²) in [6.45, 7) is 0.170. The van der Waals surface area contributed by atoms with Gasteiger partial charge in [-0.05, 0) is 29.8 Å². The molecule has 1 aliphatic rings. The second-order valence-electron chi connectivity index (χ2n) is 3.69. The summed E-state index contributed by atoms with van der Waals surface area (Å²) in [5.41, 5.74) is 1.63. The highest BCUT2D eigenvalue weighted by molar-refractivity contribution is 6.13. The monoisotopic (exact) mass is 234 g/mol. The number of aliphatic hydroxyl groups excluding tert-OH is 1. The van der Waals surface area contributed by atoms with Crippen molar-refractivity contribution in [1.29, 1.82) is 0 Å². The van der Waals surface area contributed by atoms with Gasteiger partial charge < -0.3 is 9.84 Å². The van der Waals surface area contributed by atoms with Crippen molar-refractivity contribution in [3.63, 3.8) is 0 Å². The van der Waals surface area contributed by atoms with Crippen LogP contribution in [0.25, 0.3) is 0 Å². The minimum atomic E-state index is -0.0788. The topological polar surface area (TPSA) is 62.1 Å². The number of rotatable bonds is 4. The maximum atomic E-state index is 11.5. The summed E-state index contributed by atoms with van der Waals surface area (Å²) < 4.78 is 5.06. The van der Waals surface area contributed by atoms with E-state index in [1.54, 1.807) is 7.11 Å². The van der Waals surface area contributed by atoms with Gasteiger partial charge in [-0.2, -0.15) is 5.10 Å². The van der Waals surface area contributed by atoms with Gasteiger partial charge in [-0.3, -0.25) is 4.79 Å². The molecule has 0 saturated carbocycles. The number of carbonyl (C=O) groups is 1. The molecule has 1 amide bonds. The molecule has 1 N–H and O–H groups in total. The fourth-order valence-electron chi connectivity index (χ4n) is 1.68. The first-order chi connectivity index (χ1) is 8.24. The van der Waals surface area contributed by atoms with Crippen LogP contribution in [-0.4, -0.2) is 42.0 Å². The number of benzene rings is 1. The third kappa shape index (κ3) is 2.45. The van der Waals surface area contributed by atoms with Gasteiger partial charge in [0.05, 0.1) is 32.4 Å². The van der Waals surface area contributed by atoms with E-state index < -0.39 is 0 Å². The van der Waals surface area contributed by atoms with E-state index in [2.05, 4.69) is 5.10 Å². The Balaban J connectivity index is 2.17. The Morgan fingerprint density at radius 2 is 2.12 bits per heavy atom. The zero-order chi connectivity index (χ0) is 12.3. The standard InChI is InChI=1S/C12H14N2O3/c1-17-10-4-2-9(3-5-10)11-8-12(16)14(13-11)6-7-15/h2-5,15H,6-8H2,1H3. The van der Waals surface area contributed by atoms with Crippen LogP contribution >= 0.6 is 0 Å². The summed E-state index contributed by atoms with van der Waals surface area (Å²) >= 11 is 0. The van der Waals surface area contributed by atoms with Crippen molar-refractivity contribution < 1.29 is 14.6 Å². The van der Waals surface area contributed by atoms with Crippen LogP contribution in [0.15, 0.2) is 29.4 Å². The van der Waals surface area contributed by atoms with Crippen molar-refractivity contribution in [2.75, 3.05) is 20.3 Å². The number of hydrazone groups is 1. The number of carbonyl (C=O) groups excluding carboxylic acids is 1. The Morgan fingerprint density at radius 1 is 1.41 bits per heavy atom. The van der Waals surface area contributed by atoms with Crippen LogP contribution in [0.1, 0.15) is 12.0 Å². The lowest BCUT2D eigenvalue weighted by Crippen LogP contribution is -2.23. The zero-order valence-electron chi connectivity index (χ0n) is 9.59. The minimum absolute atomic E-state index is 0.0782. The molecular weight excluding hydrogens is 220 g/mol. The zero-order valence-corrected chi connectivity index (χ0v) is 9.59. The number of hydrogen-bond acceptors (Lipinski definition) is 4. The highest BCUT2D eigenvalue weighted by Crippen LogP contribution is 2.17. The SMILES string of the molecule is COc1ccc(C2=NN(CCO)C(=O)C2)cc1. The summed E-state index contributed by atoms with van der Waals surface area (Å²) in [7, 11) is 1.61. The second-order valence-corrected chi connectivity index (χ2v) is 3.69. The molecule has 1 aromatic rings. The molecule has 1 aliphatic heterocycles. The van der Waals surface area contributed by atoms with Crippen molar-refractivity contribution in [3.8, 4) is 5.75 Å². The van der Waals surface area contributed by atoms with Crippen molar-refractivity contribution in [2.45, 2.75) is 6.42 Å². The van der Waals surface area contributed by atoms with Crippen LogP contribution < -0.4 is 4.74 Å². The van der Waals surface area contributed by atoms with Crippen LogP contribution in [0.5, 0.6) is 5.75 Å². The number of nitrogens with zero attached hydrogens (tertiary/aromatic N) is 2. The molecule has 0 aliphatic carbocycles. The first kappa shape index (κ1) is 11.6.